The lowest BCUT2D eigenvalue weighted by Gasteiger charge is -2.32. The Balaban J connectivity index is 1.32. The van der Waals surface area contributed by atoms with E-state index in [2.05, 4.69) is 76.6 Å². The summed E-state index contributed by atoms with van der Waals surface area (Å²) in [6.07, 6.45) is 4.46. The molecule has 5 rings (SSSR count). The molecular weight excluding hydrogens is 474 g/mol. The van der Waals surface area contributed by atoms with Crippen molar-refractivity contribution in [3.63, 3.8) is 0 Å². The second-order valence-corrected chi connectivity index (χ2v) is 10.2. The zero-order valence-corrected chi connectivity index (χ0v) is 22.5. The third-order valence-electron chi connectivity index (χ3n) is 7.70. The Morgan fingerprint density at radius 3 is 2.39 bits per heavy atom. The second kappa shape index (κ2) is 11.7. The number of likely N-dealkylation sites (tertiary alicyclic amines) is 1. The fourth-order valence-corrected chi connectivity index (χ4v) is 5.68. The van der Waals surface area contributed by atoms with Crippen LogP contribution in [0.3, 0.4) is 0 Å². The van der Waals surface area contributed by atoms with Crippen LogP contribution in [0.5, 0.6) is 11.5 Å². The van der Waals surface area contributed by atoms with Crippen molar-refractivity contribution in [2.75, 3.05) is 27.3 Å². The zero-order chi connectivity index (χ0) is 26.5. The topological polar surface area (TPSA) is 55.7 Å². The summed E-state index contributed by atoms with van der Waals surface area (Å²) in [5, 5.41) is 4.51. The summed E-state index contributed by atoms with van der Waals surface area (Å²) in [4.78, 5) is 15.9. The van der Waals surface area contributed by atoms with Crippen molar-refractivity contribution in [2.24, 2.45) is 7.05 Å². The predicted molar refractivity (Wildman–Crippen MR) is 152 cm³/mol. The Hall–Kier alpha value is -3.77. The molecule has 4 aromatic rings. The average molecular weight is 512 g/mol. The fourth-order valence-electron chi connectivity index (χ4n) is 5.68. The van der Waals surface area contributed by atoms with Gasteiger partial charge in [0.05, 0.1) is 14.2 Å². The molecule has 1 amide bonds. The molecule has 0 saturated carbocycles. The van der Waals surface area contributed by atoms with Crippen molar-refractivity contribution < 1.29 is 14.3 Å². The van der Waals surface area contributed by atoms with E-state index in [1.807, 2.05) is 24.3 Å². The molecule has 198 valence electrons. The van der Waals surface area contributed by atoms with E-state index < -0.39 is 0 Å². The smallest absolute Gasteiger partial charge is 0.221 e. The lowest BCUT2D eigenvalue weighted by molar-refractivity contribution is -0.122. The first-order valence-corrected chi connectivity index (χ1v) is 13.4. The van der Waals surface area contributed by atoms with Gasteiger partial charge in [0.25, 0.3) is 0 Å². The molecule has 0 aliphatic carbocycles. The van der Waals surface area contributed by atoms with E-state index in [9.17, 15) is 4.79 Å². The Labute approximate surface area is 225 Å². The minimum Gasteiger partial charge on any atom is -0.493 e. The van der Waals surface area contributed by atoms with Crippen LogP contribution in [0.1, 0.15) is 41.9 Å². The SMILES string of the molecule is COc1ccc(C(CC(=O)NC2CCN(Cc3ccccc3)CC2)c2cn(C)c3ccccc23)cc1OC. The summed E-state index contributed by atoms with van der Waals surface area (Å²) in [7, 11) is 5.34. The number of aromatic nitrogens is 1. The third kappa shape index (κ3) is 5.70. The van der Waals surface area contributed by atoms with Crippen LogP contribution in [0.25, 0.3) is 10.9 Å². The standard InChI is InChI=1S/C32H37N3O3/c1-34-22-28(26-11-7-8-12-29(26)34)27(24-13-14-30(37-2)31(19-24)38-3)20-32(36)33-25-15-17-35(18-16-25)21-23-9-5-4-6-10-23/h4-14,19,22,25,27H,15-18,20-21H2,1-3H3,(H,33,36). The van der Waals surface area contributed by atoms with Gasteiger partial charge in [-0.25, -0.2) is 0 Å². The van der Waals surface area contributed by atoms with Crippen LogP contribution in [0.2, 0.25) is 0 Å². The minimum atomic E-state index is -0.112. The molecular formula is C32H37N3O3. The van der Waals surface area contributed by atoms with Gasteiger partial charge < -0.3 is 19.4 Å². The molecule has 6 heteroatoms. The molecule has 2 heterocycles. The van der Waals surface area contributed by atoms with Gasteiger partial charge in [0, 0.05) is 62.2 Å². The average Bonchev–Trinajstić information content (AvgIpc) is 3.29. The van der Waals surface area contributed by atoms with E-state index in [0.29, 0.717) is 17.9 Å². The normalized spacial score (nSPS) is 15.3. The molecule has 1 unspecified atom stereocenters. The van der Waals surface area contributed by atoms with Crippen LogP contribution in [-0.4, -0.2) is 48.7 Å². The lowest BCUT2D eigenvalue weighted by atomic mass is 9.87. The summed E-state index contributed by atoms with van der Waals surface area (Å²) in [6.45, 7) is 2.94. The van der Waals surface area contributed by atoms with Crippen molar-refractivity contribution in [1.29, 1.82) is 0 Å². The highest BCUT2D eigenvalue weighted by molar-refractivity contribution is 5.86. The molecule has 1 aliphatic rings. The Morgan fingerprint density at radius 2 is 1.66 bits per heavy atom. The molecule has 1 atom stereocenters. The maximum atomic E-state index is 13.5. The van der Waals surface area contributed by atoms with Crippen molar-refractivity contribution in [3.8, 4) is 11.5 Å². The number of aryl methyl sites for hydroxylation is 1. The predicted octanol–water partition coefficient (Wildman–Crippen LogP) is 5.50. The van der Waals surface area contributed by atoms with E-state index >= 15 is 0 Å². The molecule has 1 fully saturated rings. The summed E-state index contributed by atoms with van der Waals surface area (Å²) in [6, 6.07) is 25.1. The molecule has 38 heavy (non-hydrogen) atoms. The van der Waals surface area contributed by atoms with Gasteiger partial charge >= 0.3 is 0 Å². The number of methoxy groups -OCH3 is 2. The lowest BCUT2D eigenvalue weighted by Crippen LogP contribution is -2.44. The zero-order valence-electron chi connectivity index (χ0n) is 22.5. The Morgan fingerprint density at radius 1 is 0.947 bits per heavy atom. The van der Waals surface area contributed by atoms with Crippen molar-refractivity contribution in [3.05, 3.63) is 95.7 Å². The number of hydrogen-bond acceptors (Lipinski definition) is 4. The Bertz CT molecular complexity index is 1370. The van der Waals surface area contributed by atoms with Gasteiger partial charge in [0.1, 0.15) is 0 Å². The summed E-state index contributed by atoms with van der Waals surface area (Å²) >= 11 is 0. The van der Waals surface area contributed by atoms with Gasteiger partial charge in [-0.2, -0.15) is 0 Å². The third-order valence-corrected chi connectivity index (χ3v) is 7.70. The molecule has 0 bridgehead atoms. The van der Waals surface area contributed by atoms with Gasteiger partial charge in [0.2, 0.25) is 5.91 Å². The monoisotopic (exact) mass is 511 g/mol. The summed E-state index contributed by atoms with van der Waals surface area (Å²) in [5.74, 6) is 1.32. The molecule has 1 N–H and O–H groups in total. The molecule has 0 radical (unpaired) electrons. The van der Waals surface area contributed by atoms with Crippen molar-refractivity contribution in [2.45, 2.75) is 37.8 Å². The molecule has 1 saturated heterocycles. The number of nitrogens with one attached hydrogen (secondary N) is 1. The molecule has 3 aromatic carbocycles. The molecule has 1 aliphatic heterocycles. The quantitative estimate of drug-likeness (QED) is 0.323. The van der Waals surface area contributed by atoms with Gasteiger partial charge in [-0.3, -0.25) is 9.69 Å². The van der Waals surface area contributed by atoms with E-state index in [-0.39, 0.29) is 17.9 Å². The number of amides is 1. The number of carbonyl (C=O) groups is 1. The number of nitrogens with zero attached hydrogens (tertiary/aromatic N) is 2. The van der Waals surface area contributed by atoms with Crippen molar-refractivity contribution in [1.82, 2.24) is 14.8 Å². The van der Waals surface area contributed by atoms with E-state index in [0.717, 1.165) is 54.5 Å². The Kier molecular flexibility index (Phi) is 7.99. The number of para-hydroxylation sites is 1. The van der Waals surface area contributed by atoms with E-state index in [1.165, 1.54) is 5.56 Å². The van der Waals surface area contributed by atoms with E-state index in [1.54, 1.807) is 14.2 Å². The van der Waals surface area contributed by atoms with Gasteiger partial charge in [-0.1, -0.05) is 54.6 Å². The van der Waals surface area contributed by atoms with Gasteiger partial charge in [0.15, 0.2) is 11.5 Å². The fraction of sp³-hybridized carbons (Fsp3) is 0.344. The van der Waals surface area contributed by atoms with Crippen LogP contribution < -0.4 is 14.8 Å². The number of carbonyl (C=O) groups excluding carboxylic acids is 1. The highest BCUT2D eigenvalue weighted by Gasteiger charge is 2.26. The van der Waals surface area contributed by atoms with Crippen LogP contribution in [0, 0.1) is 0 Å². The van der Waals surface area contributed by atoms with E-state index in [4.69, 9.17) is 9.47 Å². The minimum absolute atomic E-state index is 0.0826. The van der Waals surface area contributed by atoms with Gasteiger partial charge in [-0.05, 0) is 47.7 Å². The van der Waals surface area contributed by atoms with Crippen LogP contribution in [-0.2, 0) is 18.4 Å². The van der Waals surface area contributed by atoms with Crippen molar-refractivity contribution >= 4 is 16.8 Å². The number of piperidine rings is 1. The highest BCUT2D eigenvalue weighted by atomic mass is 16.5. The number of ether oxygens (including phenoxy) is 2. The molecule has 6 nitrogen and oxygen atoms in total. The number of hydrogen-bond donors (Lipinski definition) is 1. The van der Waals surface area contributed by atoms with Crippen LogP contribution >= 0.6 is 0 Å². The first-order chi connectivity index (χ1) is 18.6. The number of benzene rings is 3. The maximum absolute atomic E-state index is 13.5. The molecule has 1 aromatic heterocycles. The first-order valence-electron chi connectivity index (χ1n) is 13.4. The number of fused-ring (bicyclic) bond motifs is 1. The number of rotatable bonds is 9. The van der Waals surface area contributed by atoms with Gasteiger partial charge in [-0.15, -0.1) is 0 Å². The highest BCUT2D eigenvalue weighted by Crippen LogP contribution is 2.38. The molecule has 0 spiro atoms. The largest absolute Gasteiger partial charge is 0.493 e. The first kappa shape index (κ1) is 25.9. The van der Waals surface area contributed by atoms with Crippen LogP contribution in [0.15, 0.2) is 79.0 Å². The maximum Gasteiger partial charge on any atom is 0.221 e. The van der Waals surface area contributed by atoms with Crippen LogP contribution in [0.4, 0.5) is 0 Å². The second-order valence-electron chi connectivity index (χ2n) is 10.2. The summed E-state index contributed by atoms with van der Waals surface area (Å²) < 4.78 is 13.2. The summed E-state index contributed by atoms with van der Waals surface area (Å²) in [5.41, 5.74) is 4.66.